The standard InChI is InChI=1S/C13H20F2N2O/c1-3-18-8-7-17(2)9-12(16)10-5-4-6-11(14)13(10)15/h4-6,12H,3,7-9,16H2,1-2H3. The van der Waals surface area contributed by atoms with Crippen LogP contribution in [0.5, 0.6) is 0 Å². The van der Waals surface area contributed by atoms with Crippen molar-refractivity contribution in [3.63, 3.8) is 0 Å². The van der Waals surface area contributed by atoms with Gasteiger partial charge in [-0.3, -0.25) is 0 Å². The number of likely N-dealkylation sites (N-methyl/N-ethyl adjacent to an activating group) is 1. The van der Waals surface area contributed by atoms with Crippen molar-refractivity contribution in [2.24, 2.45) is 5.73 Å². The smallest absolute Gasteiger partial charge is 0.163 e. The summed E-state index contributed by atoms with van der Waals surface area (Å²) in [6.07, 6.45) is 0. The van der Waals surface area contributed by atoms with E-state index in [2.05, 4.69) is 0 Å². The maximum atomic E-state index is 13.5. The monoisotopic (exact) mass is 258 g/mol. The van der Waals surface area contributed by atoms with Crippen molar-refractivity contribution in [1.29, 1.82) is 0 Å². The Kier molecular flexibility index (Phi) is 6.18. The van der Waals surface area contributed by atoms with E-state index in [1.54, 1.807) is 0 Å². The molecule has 1 aromatic carbocycles. The number of halogens is 2. The first-order valence-electron chi connectivity index (χ1n) is 6.02. The number of ether oxygens (including phenoxy) is 1. The Bertz CT molecular complexity index is 374. The highest BCUT2D eigenvalue weighted by atomic mass is 19.2. The minimum Gasteiger partial charge on any atom is -0.380 e. The maximum absolute atomic E-state index is 13.5. The SMILES string of the molecule is CCOCCN(C)CC(N)c1cccc(F)c1F. The molecule has 0 spiro atoms. The number of nitrogens with two attached hydrogens (primary N) is 1. The van der Waals surface area contributed by atoms with Crippen molar-refractivity contribution in [1.82, 2.24) is 4.90 Å². The Morgan fingerprint density at radius 1 is 1.39 bits per heavy atom. The molecule has 0 radical (unpaired) electrons. The summed E-state index contributed by atoms with van der Waals surface area (Å²) in [6, 6.07) is 3.52. The number of benzene rings is 1. The zero-order chi connectivity index (χ0) is 13.5. The molecule has 1 aromatic rings. The molecule has 102 valence electrons. The second-order valence-corrected chi connectivity index (χ2v) is 4.21. The van der Waals surface area contributed by atoms with E-state index >= 15 is 0 Å². The van der Waals surface area contributed by atoms with Crippen molar-refractivity contribution in [3.8, 4) is 0 Å². The number of nitrogens with zero attached hydrogens (tertiary/aromatic N) is 1. The molecule has 18 heavy (non-hydrogen) atoms. The van der Waals surface area contributed by atoms with Crippen LogP contribution in [0.15, 0.2) is 18.2 Å². The molecule has 0 saturated carbocycles. The second-order valence-electron chi connectivity index (χ2n) is 4.21. The van der Waals surface area contributed by atoms with E-state index in [4.69, 9.17) is 10.5 Å². The van der Waals surface area contributed by atoms with Crippen molar-refractivity contribution >= 4 is 0 Å². The van der Waals surface area contributed by atoms with Crippen LogP contribution in [-0.2, 0) is 4.74 Å². The molecule has 0 bridgehead atoms. The third kappa shape index (κ3) is 4.33. The van der Waals surface area contributed by atoms with Gasteiger partial charge in [-0.05, 0) is 20.0 Å². The van der Waals surface area contributed by atoms with Crippen LogP contribution >= 0.6 is 0 Å². The molecule has 0 amide bonds. The third-order valence-corrected chi connectivity index (χ3v) is 2.71. The zero-order valence-corrected chi connectivity index (χ0v) is 10.8. The normalized spacial score (nSPS) is 13.0. The summed E-state index contributed by atoms with van der Waals surface area (Å²) in [7, 11) is 1.87. The average Bonchev–Trinajstić information content (AvgIpc) is 2.32. The van der Waals surface area contributed by atoms with Crippen LogP contribution in [0, 0.1) is 11.6 Å². The van der Waals surface area contributed by atoms with Crippen molar-refractivity contribution in [2.45, 2.75) is 13.0 Å². The highest BCUT2D eigenvalue weighted by Crippen LogP contribution is 2.18. The van der Waals surface area contributed by atoms with Crippen molar-refractivity contribution in [3.05, 3.63) is 35.4 Å². The Hall–Kier alpha value is -1.04. The molecular formula is C13H20F2N2O. The zero-order valence-electron chi connectivity index (χ0n) is 10.8. The van der Waals surface area contributed by atoms with Gasteiger partial charge in [0.25, 0.3) is 0 Å². The summed E-state index contributed by atoms with van der Waals surface area (Å²) >= 11 is 0. The van der Waals surface area contributed by atoms with Gasteiger partial charge in [-0.2, -0.15) is 0 Å². The number of rotatable bonds is 7. The minimum absolute atomic E-state index is 0.207. The van der Waals surface area contributed by atoms with Gasteiger partial charge < -0.3 is 15.4 Å². The van der Waals surface area contributed by atoms with Crippen LogP contribution in [0.3, 0.4) is 0 Å². The quantitative estimate of drug-likeness (QED) is 0.760. The van der Waals surface area contributed by atoms with Gasteiger partial charge >= 0.3 is 0 Å². The molecule has 3 nitrogen and oxygen atoms in total. The van der Waals surface area contributed by atoms with Crippen molar-refractivity contribution in [2.75, 3.05) is 33.4 Å². The van der Waals surface area contributed by atoms with Gasteiger partial charge in [0.2, 0.25) is 0 Å². The molecule has 0 saturated heterocycles. The molecular weight excluding hydrogens is 238 g/mol. The highest BCUT2D eigenvalue weighted by Gasteiger charge is 2.16. The predicted octanol–water partition coefficient (Wildman–Crippen LogP) is 1.93. The van der Waals surface area contributed by atoms with Gasteiger partial charge in [-0.1, -0.05) is 12.1 Å². The molecule has 0 aliphatic rings. The molecule has 0 aliphatic carbocycles. The molecule has 0 aromatic heterocycles. The Morgan fingerprint density at radius 3 is 2.78 bits per heavy atom. The maximum Gasteiger partial charge on any atom is 0.163 e. The average molecular weight is 258 g/mol. The lowest BCUT2D eigenvalue weighted by Crippen LogP contribution is -2.32. The van der Waals surface area contributed by atoms with Crippen LogP contribution in [0.4, 0.5) is 8.78 Å². The van der Waals surface area contributed by atoms with E-state index in [9.17, 15) is 8.78 Å². The lowest BCUT2D eigenvalue weighted by molar-refractivity contribution is 0.120. The topological polar surface area (TPSA) is 38.5 Å². The second kappa shape index (κ2) is 7.41. The summed E-state index contributed by atoms with van der Waals surface area (Å²) in [5.41, 5.74) is 6.09. The molecule has 0 fully saturated rings. The summed E-state index contributed by atoms with van der Waals surface area (Å²) in [5, 5.41) is 0. The van der Waals surface area contributed by atoms with Crippen LogP contribution in [0.25, 0.3) is 0 Å². The fraction of sp³-hybridized carbons (Fsp3) is 0.538. The highest BCUT2D eigenvalue weighted by molar-refractivity contribution is 5.22. The van der Waals surface area contributed by atoms with Crippen LogP contribution in [0.2, 0.25) is 0 Å². The molecule has 1 rings (SSSR count). The molecule has 0 heterocycles. The largest absolute Gasteiger partial charge is 0.380 e. The van der Waals surface area contributed by atoms with Gasteiger partial charge in [0.05, 0.1) is 6.61 Å². The Labute approximate surface area is 107 Å². The Morgan fingerprint density at radius 2 is 2.11 bits per heavy atom. The first kappa shape index (κ1) is 15.0. The first-order chi connectivity index (χ1) is 8.56. The lowest BCUT2D eigenvalue weighted by atomic mass is 10.1. The van der Waals surface area contributed by atoms with Crippen LogP contribution in [0.1, 0.15) is 18.5 Å². The molecule has 5 heteroatoms. The lowest BCUT2D eigenvalue weighted by Gasteiger charge is -2.21. The van der Waals surface area contributed by atoms with Gasteiger partial charge in [0, 0.05) is 31.3 Å². The van der Waals surface area contributed by atoms with E-state index < -0.39 is 17.7 Å². The van der Waals surface area contributed by atoms with Gasteiger partial charge in [-0.25, -0.2) is 8.78 Å². The van der Waals surface area contributed by atoms with Gasteiger partial charge in [0.1, 0.15) is 0 Å². The van der Waals surface area contributed by atoms with Gasteiger partial charge in [0.15, 0.2) is 11.6 Å². The predicted molar refractivity (Wildman–Crippen MR) is 67.3 cm³/mol. The Balaban J connectivity index is 2.54. The minimum atomic E-state index is -0.861. The van der Waals surface area contributed by atoms with E-state index in [-0.39, 0.29) is 5.56 Å². The first-order valence-corrected chi connectivity index (χ1v) is 6.02. The summed E-state index contributed by atoms with van der Waals surface area (Å²) < 4.78 is 31.8. The van der Waals surface area contributed by atoms with Crippen LogP contribution < -0.4 is 5.73 Å². The molecule has 0 aliphatic heterocycles. The summed E-state index contributed by atoms with van der Waals surface area (Å²) in [6.45, 7) is 4.35. The third-order valence-electron chi connectivity index (χ3n) is 2.71. The number of hydrogen-bond acceptors (Lipinski definition) is 3. The van der Waals surface area contributed by atoms with E-state index in [1.807, 2.05) is 18.9 Å². The van der Waals surface area contributed by atoms with E-state index in [0.717, 1.165) is 6.07 Å². The molecule has 1 atom stereocenters. The number of hydrogen-bond donors (Lipinski definition) is 1. The van der Waals surface area contributed by atoms with Crippen molar-refractivity contribution < 1.29 is 13.5 Å². The van der Waals surface area contributed by atoms with Gasteiger partial charge in [-0.15, -0.1) is 0 Å². The van der Waals surface area contributed by atoms with E-state index in [0.29, 0.717) is 26.3 Å². The van der Waals surface area contributed by atoms with Crippen LogP contribution in [-0.4, -0.2) is 38.3 Å². The summed E-state index contributed by atoms with van der Waals surface area (Å²) in [4.78, 5) is 1.94. The molecule has 1 unspecified atom stereocenters. The summed E-state index contributed by atoms with van der Waals surface area (Å²) in [5.74, 6) is -1.72. The fourth-order valence-electron chi connectivity index (χ4n) is 1.70. The van der Waals surface area contributed by atoms with E-state index in [1.165, 1.54) is 12.1 Å². The molecule has 2 N–H and O–H groups in total. The fourth-order valence-corrected chi connectivity index (χ4v) is 1.70.